The lowest BCUT2D eigenvalue weighted by Gasteiger charge is -2.33. The number of likely N-dealkylation sites (tertiary alicyclic amines) is 1. The van der Waals surface area contributed by atoms with Gasteiger partial charge in [-0.15, -0.1) is 0 Å². The number of methoxy groups -OCH3 is 1. The van der Waals surface area contributed by atoms with E-state index in [4.69, 9.17) is 9.47 Å². The van der Waals surface area contributed by atoms with Gasteiger partial charge in [0.1, 0.15) is 11.9 Å². The second kappa shape index (κ2) is 8.20. The molecule has 0 spiro atoms. The summed E-state index contributed by atoms with van der Waals surface area (Å²) >= 11 is 0. The lowest BCUT2D eigenvalue weighted by Crippen LogP contribution is -2.40. The van der Waals surface area contributed by atoms with Crippen LogP contribution in [-0.4, -0.2) is 47.8 Å². The molecule has 1 aliphatic rings. The molecule has 5 nitrogen and oxygen atoms in total. The summed E-state index contributed by atoms with van der Waals surface area (Å²) in [6.07, 6.45) is 2.89. The summed E-state index contributed by atoms with van der Waals surface area (Å²) in [5.41, 5.74) is 1.85. The van der Waals surface area contributed by atoms with Gasteiger partial charge in [-0.05, 0) is 43.2 Å². The third-order valence-electron chi connectivity index (χ3n) is 5.38. The molecule has 4 rings (SSSR count). The molecule has 6 heteroatoms. The number of hydrogen-bond acceptors (Lipinski definition) is 4. The highest BCUT2D eigenvalue weighted by atomic mass is 19.1. The Labute approximate surface area is 163 Å². The van der Waals surface area contributed by atoms with Crippen LogP contribution in [0.2, 0.25) is 0 Å². The summed E-state index contributed by atoms with van der Waals surface area (Å²) in [5.74, 6) is 0.760. The van der Waals surface area contributed by atoms with Gasteiger partial charge in [0, 0.05) is 42.3 Å². The van der Waals surface area contributed by atoms with Gasteiger partial charge in [-0.2, -0.15) is 0 Å². The summed E-state index contributed by atoms with van der Waals surface area (Å²) in [4.78, 5) is 5.43. The minimum Gasteiger partial charge on any atom is -0.497 e. The minimum absolute atomic E-state index is 0.00245. The van der Waals surface area contributed by atoms with Crippen LogP contribution in [0.5, 0.6) is 11.5 Å². The number of halogens is 1. The van der Waals surface area contributed by atoms with Crippen LogP contribution < -0.4 is 9.47 Å². The van der Waals surface area contributed by atoms with Crippen molar-refractivity contribution < 1.29 is 19.0 Å². The van der Waals surface area contributed by atoms with E-state index in [9.17, 15) is 9.50 Å². The smallest absolute Gasteiger partial charge is 0.165 e. The summed E-state index contributed by atoms with van der Waals surface area (Å²) in [6.45, 7) is 2.17. The molecule has 0 amide bonds. The molecule has 1 fully saturated rings. The third kappa shape index (κ3) is 3.98. The third-order valence-corrected chi connectivity index (χ3v) is 5.38. The standard InChI is InChI=1S/C22H25FN2O3/c1-27-16-6-7-20-17(12-16)18(13-24-20)21(26)14-25-10-8-15(9-11-25)28-22-5-3-2-4-19(22)23/h2-7,12-13,15,21,24,26H,8-11,14H2,1H3. The Morgan fingerprint density at radius 2 is 2.00 bits per heavy atom. The number of nitrogens with zero attached hydrogens (tertiary/aromatic N) is 1. The van der Waals surface area contributed by atoms with E-state index >= 15 is 0 Å². The first-order valence-corrected chi connectivity index (χ1v) is 9.60. The van der Waals surface area contributed by atoms with Crippen molar-refractivity contribution >= 4 is 10.9 Å². The minimum atomic E-state index is -0.593. The highest BCUT2D eigenvalue weighted by Gasteiger charge is 2.24. The molecule has 28 heavy (non-hydrogen) atoms. The molecule has 1 saturated heterocycles. The topological polar surface area (TPSA) is 57.7 Å². The maximum Gasteiger partial charge on any atom is 0.165 e. The number of β-amino-alcohol motifs (C(OH)–C–C–N with tert-alkyl or cyclic N) is 1. The van der Waals surface area contributed by atoms with Crippen LogP contribution in [-0.2, 0) is 0 Å². The molecule has 0 saturated carbocycles. The van der Waals surface area contributed by atoms with Gasteiger partial charge in [0.05, 0.1) is 13.2 Å². The van der Waals surface area contributed by atoms with Gasteiger partial charge in [0.15, 0.2) is 11.6 Å². The number of fused-ring (bicyclic) bond motifs is 1. The van der Waals surface area contributed by atoms with Crippen molar-refractivity contribution in [2.24, 2.45) is 0 Å². The average Bonchev–Trinajstić information content (AvgIpc) is 3.14. The van der Waals surface area contributed by atoms with Gasteiger partial charge in [0.25, 0.3) is 0 Å². The maximum absolute atomic E-state index is 13.8. The second-order valence-corrected chi connectivity index (χ2v) is 7.22. The van der Waals surface area contributed by atoms with Crippen molar-refractivity contribution in [1.82, 2.24) is 9.88 Å². The zero-order chi connectivity index (χ0) is 19.5. The molecule has 1 atom stereocenters. The van der Waals surface area contributed by atoms with E-state index < -0.39 is 6.10 Å². The number of aliphatic hydroxyl groups is 1. The number of rotatable bonds is 6. The van der Waals surface area contributed by atoms with Crippen LogP contribution in [0.15, 0.2) is 48.7 Å². The predicted molar refractivity (Wildman–Crippen MR) is 106 cm³/mol. The molecule has 0 radical (unpaired) electrons. The number of aliphatic hydroxyl groups excluding tert-OH is 1. The first-order chi connectivity index (χ1) is 13.6. The first-order valence-electron chi connectivity index (χ1n) is 9.60. The van der Waals surface area contributed by atoms with Gasteiger partial charge in [-0.1, -0.05) is 12.1 Å². The van der Waals surface area contributed by atoms with Gasteiger partial charge >= 0.3 is 0 Å². The number of aromatic amines is 1. The Hall–Kier alpha value is -2.57. The van der Waals surface area contributed by atoms with Gasteiger partial charge < -0.3 is 24.5 Å². The number of aromatic nitrogens is 1. The highest BCUT2D eigenvalue weighted by molar-refractivity contribution is 5.85. The Balaban J connectivity index is 1.35. The van der Waals surface area contributed by atoms with Gasteiger partial charge in [-0.25, -0.2) is 4.39 Å². The van der Waals surface area contributed by atoms with Crippen molar-refractivity contribution in [3.63, 3.8) is 0 Å². The van der Waals surface area contributed by atoms with E-state index in [2.05, 4.69) is 9.88 Å². The zero-order valence-electron chi connectivity index (χ0n) is 15.9. The summed E-state index contributed by atoms with van der Waals surface area (Å²) in [7, 11) is 1.64. The van der Waals surface area contributed by atoms with Crippen molar-refractivity contribution in [2.75, 3.05) is 26.7 Å². The highest BCUT2D eigenvalue weighted by Crippen LogP contribution is 2.29. The number of ether oxygens (including phenoxy) is 2. The van der Waals surface area contributed by atoms with Crippen molar-refractivity contribution in [3.05, 3.63) is 60.0 Å². The fourth-order valence-corrected chi connectivity index (χ4v) is 3.80. The van der Waals surface area contributed by atoms with Crippen molar-refractivity contribution in [1.29, 1.82) is 0 Å². The maximum atomic E-state index is 13.8. The Morgan fingerprint density at radius 3 is 2.75 bits per heavy atom. The van der Waals surface area contributed by atoms with Crippen LogP contribution in [0.1, 0.15) is 24.5 Å². The summed E-state index contributed by atoms with van der Waals surface area (Å²) in [6, 6.07) is 12.3. The molecule has 1 aromatic heterocycles. The van der Waals surface area contributed by atoms with E-state index in [1.165, 1.54) is 6.07 Å². The molecular formula is C22H25FN2O3. The fraction of sp³-hybridized carbons (Fsp3) is 0.364. The molecule has 0 bridgehead atoms. The lowest BCUT2D eigenvalue weighted by molar-refractivity contribution is 0.0600. The molecular weight excluding hydrogens is 359 g/mol. The molecule has 3 aromatic rings. The van der Waals surface area contributed by atoms with Crippen LogP contribution in [0.4, 0.5) is 4.39 Å². The molecule has 1 aliphatic heterocycles. The van der Waals surface area contributed by atoms with Crippen LogP contribution in [0.25, 0.3) is 10.9 Å². The quantitative estimate of drug-likeness (QED) is 0.677. The number of nitrogens with one attached hydrogen (secondary N) is 1. The van der Waals surface area contributed by atoms with E-state index in [1.54, 1.807) is 25.3 Å². The van der Waals surface area contributed by atoms with E-state index in [0.29, 0.717) is 12.3 Å². The average molecular weight is 384 g/mol. The van der Waals surface area contributed by atoms with Crippen molar-refractivity contribution in [2.45, 2.75) is 25.0 Å². The normalized spacial score (nSPS) is 17.0. The molecule has 0 aliphatic carbocycles. The monoisotopic (exact) mass is 384 g/mol. The number of hydrogen-bond donors (Lipinski definition) is 2. The summed E-state index contributed by atoms with van der Waals surface area (Å²) < 4.78 is 24.9. The number of piperidine rings is 1. The second-order valence-electron chi connectivity index (χ2n) is 7.22. The Kier molecular flexibility index (Phi) is 5.50. The van der Waals surface area contributed by atoms with Gasteiger partial charge in [0.2, 0.25) is 0 Å². The van der Waals surface area contributed by atoms with Crippen LogP contribution in [0.3, 0.4) is 0 Å². The number of para-hydroxylation sites is 1. The van der Waals surface area contributed by atoms with E-state index in [-0.39, 0.29) is 11.9 Å². The lowest BCUT2D eigenvalue weighted by atomic mass is 10.0. The van der Waals surface area contributed by atoms with Crippen LogP contribution >= 0.6 is 0 Å². The van der Waals surface area contributed by atoms with Crippen molar-refractivity contribution in [3.8, 4) is 11.5 Å². The van der Waals surface area contributed by atoms with E-state index in [0.717, 1.165) is 48.1 Å². The van der Waals surface area contributed by atoms with E-state index in [1.807, 2.05) is 24.4 Å². The largest absolute Gasteiger partial charge is 0.497 e. The van der Waals surface area contributed by atoms with Crippen LogP contribution in [0, 0.1) is 5.82 Å². The Morgan fingerprint density at radius 1 is 1.21 bits per heavy atom. The SMILES string of the molecule is COc1ccc2[nH]cc(C(O)CN3CCC(Oc4ccccc4F)CC3)c2c1. The molecule has 2 aromatic carbocycles. The predicted octanol–water partition coefficient (Wildman–Crippen LogP) is 3.89. The zero-order valence-corrected chi connectivity index (χ0v) is 15.9. The number of benzene rings is 2. The first kappa shape index (κ1) is 18.8. The molecule has 2 heterocycles. The number of H-pyrrole nitrogens is 1. The summed E-state index contributed by atoms with van der Waals surface area (Å²) in [5, 5.41) is 11.8. The molecule has 2 N–H and O–H groups in total. The Bertz CT molecular complexity index is 934. The molecule has 1 unspecified atom stereocenters. The molecule has 148 valence electrons. The fourth-order valence-electron chi connectivity index (χ4n) is 3.80. The van der Waals surface area contributed by atoms with Gasteiger partial charge in [-0.3, -0.25) is 0 Å².